The van der Waals surface area contributed by atoms with E-state index in [9.17, 15) is 30.4 Å². The summed E-state index contributed by atoms with van der Waals surface area (Å²) in [6.45, 7) is 0. The number of nitrogens with zero attached hydrogens (tertiary/aromatic N) is 2. The van der Waals surface area contributed by atoms with Crippen LogP contribution in [0.4, 0.5) is 30.4 Å². The van der Waals surface area contributed by atoms with Gasteiger partial charge in [0.05, 0.1) is 14.1 Å². The molecule has 0 aromatic carbocycles. The first-order valence-corrected chi connectivity index (χ1v) is 3.87. The molecule has 16 heavy (non-hydrogen) atoms. The Morgan fingerprint density at radius 1 is 1.19 bits per heavy atom. The van der Waals surface area contributed by atoms with Crippen molar-refractivity contribution in [1.82, 2.24) is 4.57 Å². The zero-order chi connectivity index (χ0) is 13.1. The Bertz CT molecular complexity index is 334. The van der Waals surface area contributed by atoms with Crippen LogP contribution in [0.15, 0.2) is 12.5 Å². The van der Waals surface area contributed by atoms with Gasteiger partial charge in [0.25, 0.3) is 0 Å². The fraction of sp³-hybridized carbons (Fsp3) is 0.500. The number of aromatic nitrogens is 2. The van der Waals surface area contributed by atoms with E-state index in [0.29, 0.717) is 0 Å². The van der Waals surface area contributed by atoms with Gasteiger partial charge in [-0.05, 0) is 0 Å². The Labute approximate surface area is 86.4 Å². The summed E-state index contributed by atoms with van der Waals surface area (Å²) in [7, 11) is -3.09. The fourth-order valence-electron chi connectivity index (χ4n) is 0.926. The normalized spacial score (nSPS) is 12.1. The minimum atomic E-state index is -6.00. The van der Waals surface area contributed by atoms with Gasteiger partial charge in [-0.2, -0.15) is 13.2 Å². The van der Waals surface area contributed by atoms with Gasteiger partial charge in [-0.1, -0.05) is 0 Å². The second kappa shape index (κ2) is 4.75. The molecule has 1 aromatic rings. The molecule has 94 valence electrons. The highest BCUT2D eigenvalue weighted by Crippen LogP contribution is 2.27. The number of alkyl halides is 3. The number of aryl methyl sites for hydroxylation is 2. The third kappa shape index (κ3) is 6.30. The van der Waals surface area contributed by atoms with Crippen LogP contribution in [0.2, 0.25) is 0 Å². The van der Waals surface area contributed by atoms with Crippen molar-refractivity contribution >= 4 is 7.25 Å². The maximum atomic E-state index is 12.0. The lowest BCUT2D eigenvalue weighted by atomic mass is 10.3. The highest BCUT2D eigenvalue weighted by atomic mass is 19.5. The van der Waals surface area contributed by atoms with Gasteiger partial charge in [-0.25, -0.2) is 9.13 Å². The van der Waals surface area contributed by atoms with Gasteiger partial charge in [-0.3, -0.25) is 0 Å². The molecule has 1 aromatic heterocycles. The standard InChI is InChI=1S/C6H8F3N2.BF4/c1-10-3-5(6(7,8)9)11(2)4-10;2-1(3,4)5/h3-4H,1-2H3;/q+1;-1. The summed E-state index contributed by atoms with van der Waals surface area (Å²) in [6.07, 6.45) is -1.85. The molecule has 0 unspecified atom stereocenters. The van der Waals surface area contributed by atoms with Gasteiger partial charge in [0.15, 0.2) is 0 Å². The van der Waals surface area contributed by atoms with Gasteiger partial charge < -0.3 is 17.3 Å². The van der Waals surface area contributed by atoms with Crippen LogP contribution in [0.1, 0.15) is 5.69 Å². The van der Waals surface area contributed by atoms with Crippen molar-refractivity contribution in [2.45, 2.75) is 6.18 Å². The molecule has 0 aliphatic carbocycles. The second-order valence-corrected chi connectivity index (χ2v) is 2.90. The Kier molecular flexibility index (Phi) is 4.39. The quantitative estimate of drug-likeness (QED) is 0.380. The molecule has 1 rings (SSSR count). The van der Waals surface area contributed by atoms with E-state index in [2.05, 4.69) is 0 Å². The molecule has 0 atom stereocenters. The molecule has 0 saturated heterocycles. The summed E-state index contributed by atoms with van der Waals surface area (Å²) in [5, 5.41) is 0. The topological polar surface area (TPSA) is 8.81 Å². The number of imidazole rings is 1. The van der Waals surface area contributed by atoms with Crippen molar-refractivity contribution < 1.29 is 35.0 Å². The summed E-state index contributed by atoms with van der Waals surface area (Å²) in [5.74, 6) is 0. The van der Waals surface area contributed by atoms with E-state index in [4.69, 9.17) is 0 Å². The highest BCUT2D eigenvalue weighted by Gasteiger charge is 2.38. The molecule has 0 spiro atoms. The lowest BCUT2D eigenvalue weighted by Crippen LogP contribution is -2.23. The first-order chi connectivity index (χ1) is 6.91. The van der Waals surface area contributed by atoms with Gasteiger partial charge in [0, 0.05) is 0 Å². The lowest BCUT2D eigenvalue weighted by Gasteiger charge is -1.99. The minimum absolute atomic E-state index is 0.639. The summed E-state index contributed by atoms with van der Waals surface area (Å²) in [6, 6.07) is 0. The summed E-state index contributed by atoms with van der Waals surface area (Å²) in [4.78, 5) is 0. The molecule has 0 aliphatic rings. The first kappa shape index (κ1) is 14.8. The van der Waals surface area contributed by atoms with E-state index in [1.54, 1.807) is 7.05 Å². The Morgan fingerprint density at radius 2 is 1.56 bits per heavy atom. The van der Waals surface area contributed by atoms with E-state index in [-0.39, 0.29) is 0 Å². The average molecular weight is 252 g/mol. The van der Waals surface area contributed by atoms with E-state index >= 15 is 0 Å². The molecule has 1 heterocycles. The Hall–Kier alpha value is -1.22. The van der Waals surface area contributed by atoms with E-state index in [1.165, 1.54) is 17.9 Å². The van der Waals surface area contributed by atoms with Crippen LogP contribution in [0.3, 0.4) is 0 Å². The van der Waals surface area contributed by atoms with E-state index in [0.717, 1.165) is 10.8 Å². The number of hydrogen-bond donors (Lipinski definition) is 0. The Balaban J connectivity index is 0.000000385. The molecule has 0 amide bonds. The number of halogens is 7. The van der Waals surface area contributed by atoms with Crippen LogP contribution in [0.25, 0.3) is 0 Å². The van der Waals surface area contributed by atoms with Crippen molar-refractivity contribution in [3.8, 4) is 0 Å². The minimum Gasteiger partial charge on any atom is -0.418 e. The lowest BCUT2D eigenvalue weighted by molar-refractivity contribution is -0.671. The largest absolute Gasteiger partial charge is 0.673 e. The SMILES string of the molecule is Cn1c[n+](C)cc1C(F)(F)F.F[B-](F)(F)F. The first-order valence-electron chi connectivity index (χ1n) is 3.87. The average Bonchev–Trinajstić information content (AvgIpc) is 2.24. The number of hydrogen-bond acceptors (Lipinski definition) is 0. The van der Waals surface area contributed by atoms with Gasteiger partial charge in [-0.15, -0.1) is 0 Å². The van der Waals surface area contributed by atoms with Crippen molar-refractivity contribution in [1.29, 1.82) is 0 Å². The third-order valence-corrected chi connectivity index (χ3v) is 1.35. The van der Waals surface area contributed by atoms with Gasteiger partial charge >= 0.3 is 13.4 Å². The molecule has 0 radical (unpaired) electrons. The Morgan fingerprint density at radius 3 is 1.69 bits per heavy atom. The van der Waals surface area contributed by atoms with Crippen molar-refractivity contribution in [3.63, 3.8) is 0 Å². The van der Waals surface area contributed by atoms with Crippen LogP contribution >= 0.6 is 0 Å². The van der Waals surface area contributed by atoms with Crippen molar-refractivity contribution in [2.75, 3.05) is 0 Å². The van der Waals surface area contributed by atoms with Crippen LogP contribution in [-0.2, 0) is 20.3 Å². The molecular weight excluding hydrogens is 244 g/mol. The second-order valence-electron chi connectivity index (χ2n) is 2.90. The monoisotopic (exact) mass is 252 g/mol. The molecule has 0 fully saturated rings. The zero-order valence-electron chi connectivity index (χ0n) is 8.27. The molecule has 0 bridgehead atoms. The van der Waals surface area contributed by atoms with Crippen molar-refractivity contribution in [3.05, 3.63) is 18.2 Å². The molecular formula is C6H8BF7N2. The van der Waals surface area contributed by atoms with Crippen molar-refractivity contribution in [2.24, 2.45) is 14.1 Å². The van der Waals surface area contributed by atoms with E-state index in [1.807, 2.05) is 0 Å². The smallest absolute Gasteiger partial charge is 0.418 e. The van der Waals surface area contributed by atoms with Crippen LogP contribution in [0.5, 0.6) is 0 Å². The fourth-order valence-corrected chi connectivity index (χ4v) is 0.926. The predicted octanol–water partition coefficient (Wildman–Crippen LogP) is 2.17. The summed E-state index contributed by atoms with van der Waals surface area (Å²) < 4.78 is 77.5. The molecule has 10 heteroatoms. The highest BCUT2D eigenvalue weighted by molar-refractivity contribution is 6.50. The molecule has 0 N–H and O–H groups in total. The van der Waals surface area contributed by atoms with Crippen LogP contribution in [0, 0.1) is 0 Å². The predicted molar refractivity (Wildman–Crippen MR) is 41.8 cm³/mol. The van der Waals surface area contributed by atoms with Crippen LogP contribution in [-0.4, -0.2) is 11.8 Å². The van der Waals surface area contributed by atoms with Gasteiger partial charge in [0.2, 0.25) is 12.0 Å². The molecule has 0 saturated carbocycles. The summed E-state index contributed by atoms with van der Waals surface area (Å²) in [5.41, 5.74) is -0.639. The van der Waals surface area contributed by atoms with Gasteiger partial charge in [0.1, 0.15) is 6.20 Å². The zero-order valence-corrected chi connectivity index (χ0v) is 8.27. The maximum absolute atomic E-state index is 12.0. The van der Waals surface area contributed by atoms with Crippen LogP contribution < -0.4 is 4.57 Å². The van der Waals surface area contributed by atoms with E-state index < -0.39 is 19.1 Å². The number of rotatable bonds is 0. The molecule has 2 nitrogen and oxygen atoms in total. The summed E-state index contributed by atoms with van der Waals surface area (Å²) >= 11 is 0. The third-order valence-electron chi connectivity index (χ3n) is 1.35. The maximum Gasteiger partial charge on any atom is 0.673 e. The molecule has 0 aliphatic heterocycles.